The van der Waals surface area contributed by atoms with Crippen LogP contribution in [0.1, 0.15) is 26.7 Å². The monoisotopic (exact) mass is 197 g/mol. The van der Waals surface area contributed by atoms with Crippen molar-refractivity contribution in [1.82, 2.24) is 5.32 Å². The maximum Gasteiger partial charge on any atom is 0.240 e. The maximum absolute atomic E-state index is 11.2. The lowest BCUT2D eigenvalue weighted by molar-refractivity contribution is -0.129. The molecule has 0 saturated heterocycles. The highest BCUT2D eigenvalue weighted by Gasteiger charge is 2.18. The quantitative estimate of drug-likeness (QED) is 0.645. The summed E-state index contributed by atoms with van der Waals surface area (Å²) in [6.45, 7) is 3.44. The van der Waals surface area contributed by atoms with Crippen LogP contribution in [-0.2, 0) is 9.59 Å². The normalized spacial score (nSPS) is 11.9. The minimum absolute atomic E-state index is 0.195. The Bertz CT molecular complexity index is 255. The van der Waals surface area contributed by atoms with E-state index < -0.39 is 11.9 Å². The van der Waals surface area contributed by atoms with E-state index in [0.717, 1.165) is 0 Å². The average Bonchev–Trinajstić information content (AvgIpc) is 2.10. The zero-order valence-electron chi connectivity index (χ0n) is 8.41. The van der Waals surface area contributed by atoms with E-state index in [1.165, 1.54) is 0 Å². The third-order valence-corrected chi connectivity index (χ3v) is 1.73. The number of nitrogens with two attached hydrogens (primary N) is 1. The van der Waals surface area contributed by atoms with Gasteiger partial charge in [0.15, 0.2) is 0 Å². The molecular formula is C9H15N3O2. The van der Waals surface area contributed by atoms with Gasteiger partial charge >= 0.3 is 0 Å². The van der Waals surface area contributed by atoms with Crippen LogP contribution in [0.2, 0.25) is 0 Å². The molecule has 0 spiro atoms. The van der Waals surface area contributed by atoms with Crippen molar-refractivity contribution < 1.29 is 9.59 Å². The molecule has 0 aromatic rings. The van der Waals surface area contributed by atoms with E-state index in [1.54, 1.807) is 13.8 Å². The predicted octanol–water partition coefficient (Wildman–Crippen LogP) is -0.0837. The van der Waals surface area contributed by atoms with Crippen LogP contribution in [-0.4, -0.2) is 17.9 Å². The predicted molar refractivity (Wildman–Crippen MR) is 50.8 cm³/mol. The van der Waals surface area contributed by atoms with Crippen LogP contribution in [0.4, 0.5) is 0 Å². The number of hydrogen-bond donors (Lipinski definition) is 2. The number of nitriles is 1. The number of primary amides is 1. The highest BCUT2D eigenvalue weighted by molar-refractivity contribution is 5.87. The Hall–Kier alpha value is -1.57. The second kappa shape index (κ2) is 5.97. The van der Waals surface area contributed by atoms with Crippen molar-refractivity contribution in [3.63, 3.8) is 0 Å². The highest BCUT2D eigenvalue weighted by Crippen LogP contribution is 1.99. The molecule has 1 atom stereocenters. The van der Waals surface area contributed by atoms with Gasteiger partial charge in [-0.2, -0.15) is 5.26 Å². The second-order valence-electron chi connectivity index (χ2n) is 3.32. The van der Waals surface area contributed by atoms with Crippen molar-refractivity contribution in [3.05, 3.63) is 0 Å². The molecule has 0 fully saturated rings. The summed E-state index contributed by atoms with van der Waals surface area (Å²) < 4.78 is 0. The molecule has 14 heavy (non-hydrogen) atoms. The highest BCUT2D eigenvalue weighted by atomic mass is 16.2. The zero-order chi connectivity index (χ0) is 11.1. The summed E-state index contributed by atoms with van der Waals surface area (Å²) in [4.78, 5) is 22.1. The summed E-state index contributed by atoms with van der Waals surface area (Å²) in [6.07, 6.45) is 0.469. The van der Waals surface area contributed by atoms with Crippen LogP contribution in [0.5, 0.6) is 0 Å². The smallest absolute Gasteiger partial charge is 0.240 e. The van der Waals surface area contributed by atoms with E-state index in [1.807, 2.05) is 6.07 Å². The maximum atomic E-state index is 11.2. The molecule has 0 aromatic carbocycles. The van der Waals surface area contributed by atoms with Gasteiger partial charge in [-0.05, 0) is 6.42 Å². The van der Waals surface area contributed by atoms with Gasteiger partial charge in [0.1, 0.15) is 6.04 Å². The van der Waals surface area contributed by atoms with Crippen molar-refractivity contribution in [2.45, 2.75) is 32.7 Å². The van der Waals surface area contributed by atoms with E-state index in [2.05, 4.69) is 5.32 Å². The lowest BCUT2D eigenvalue weighted by atomic mass is 10.1. The molecule has 3 N–H and O–H groups in total. The molecule has 0 aliphatic rings. The van der Waals surface area contributed by atoms with Crippen LogP contribution in [0.3, 0.4) is 0 Å². The topological polar surface area (TPSA) is 96.0 Å². The van der Waals surface area contributed by atoms with Gasteiger partial charge in [-0.3, -0.25) is 9.59 Å². The lowest BCUT2D eigenvalue weighted by Crippen LogP contribution is -2.45. The zero-order valence-corrected chi connectivity index (χ0v) is 8.41. The van der Waals surface area contributed by atoms with Gasteiger partial charge in [-0.25, -0.2) is 0 Å². The Morgan fingerprint density at radius 2 is 2.07 bits per heavy atom. The number of amides is 2. The van der Waals surface area contributed by atoms with Crippen molar-refractivity contribution >= 4 is 11.8 Å². The first-order chi connectivity index (χ1) is 6.49. The molecule has 2 amide bonds. The molecule has 0 radical (unpaired) electrons. The van der Waals surface area contributed by atoms with Crippen molar-refractivity contribution in [3.8, 4) is 6.07 Å². The standard InChI is InChI=1S/C9H15N3O2/c1-6(2)9(14)12-7(8(11)13)4-3-5-10/h6-7H,3-4H2,1-2H3,(H2,11,13)(H,12,14)/t7-/m1/s1. The third kappa shape index (κ3) is 4.45. The lowest BCUT2D eigenvalue weighted by Gasteiger charge is -2.15. The molecule has 5 nitrogen and oxygen atoms in total. The van der Waals surface area contributed by atoms with E-state index in [0.29, 0.717) is 0 Å². The number of rotatable bonds is 5. The summed E-state index contributed by atoms with van der Waals surface area (Å²) >= 11 is 0. The summed E-state index contributed by atoms with van der Waals surface area (Å²) in [5, 5.41) is 10.8. The first-order valence-corrected chi connectivity index (χ1v) is 4.45. The van der Waals surface area contributed by atoms with E-state index in [4.69, 9.17) is 11.0 Å². The van der Waals surface area contributed by atoms with Gasteiger partial charge in [0, 0.05) is 12.3 Å². The SMILES string of the molecule is CC(C)C(=O)N[C@H](CCC#N)C(N)=O. The van der Waals surface area contributed by atoms with Crippen molar-refractivity contribution in [1.29, 1.82) is 5.26 Å². The Kier molecular flexibility index (Phi) is 5.30. The number of carbonyl (C=O) groups is 2. The van der Waals surface area contributed by atoms with Crippen LogP contribution >= 0.6 is 0 Å². The van der Waals surface area contributed by atoms with Crippen LogP contribution in [0, 0.1) is 17.2 Å². The van der Waals surface area contributed by atoms with E-state index >= 15 is 0 Å². The molecule has 0 unspecified atom stereocenters. The minimum Gasteiger partial charge on any atom is -0.368 e. The second-order valence-corrected chi connectivity index (χ2v) is 3.32. The molecule has 0 bridgehead atoms. The minimum atomic E-state index is -0.732. The summed E-state index contributed by atoms with van der Waals surface area (Å²) in [7, 11) is 0. The van der Waals surface area contributed by atoms with Crippen LogP contribution in [0.15, 0.2) is 0 Å². The van der Waals surface area contributed by atoms with Crippen LogP contribution < -0.4 is 11.1 Å². The molecule has 5 heteroatoms. The molecule has 0 aromatic heterocycles. The summed E-state index contributed by atoms with van der Waals surface area (Å²) in [5.41, 5.74) is 5.06. The molecule has 0 aliphatic heterocycles. The largest absolute Gasteiger partial charge is 0.368 e. The van der Waals surface area contributed by atoms with Gasteiger partial charge in [-0.1, -0.05) is 13.8 Å². The average molecular weight is 197 g/mol. The van der Waals surface area contributed by atoms with Gasteiger partial charge in [0.05, 0.1) is 6.07 Å². The Labute approximate surface area is 83.3 Å². The number of nitrogens with one attached hydrogen (secondary N) is 1. The van der Waals surface area contributed by atoms with Gasteiger partial charge < -0.3 is 11.1 Å². The fraction of sp³-hybridized carbons (Fsp3) is 0.667. The fourth-order valence-electron chi connectivity index (χ4n) is 0.833. The molecule has 0 saturated carbocycles. The Morgan fingerprint density at radius 3 is 2.43 bits per heavy atom. The number of hydrogen-bond acceptors (Lipinski definition) is 3. The molecule has 0 heterocycles. The van der Waals surface area contributed by atoms with Gasteiger partial charge in [-0.15, -0.1) is 0 Å². The Balaban J connectivity index is 4.17. The van der Waals surface area contributed by atoms with Gasteiger partial charge in [0.25, 0.3) is 0 Å². The molecular weight excluding hydrogens is 182 g/mol. The van der Waals surface area contributed by atoms with Crippen LogP contribution in [0.25, 0.3) is 0 Å². The fourth-order valence-corrected chi connectivity index (χ4v) is 0.833. The summed E-state index contributed by atoms with van der Waals surface area (Å²) in [6, 6.07) is 1.16. The first-order valence-electron chi connectivity index (χ1n) is 4.45. The van der Waals surface area contributed by atoms with E-state index in [9.17, 15) is 9.59 Å². The number of carbonyl (C=O) groups excluding carboxylic acids is 2. The third-order valence-electron chi connectivity index (χ3n) is 1.73. The van der Waals surface area contributed by atoms with Gasteiger partial charge in [0.2, 0.25) is 11.8 Å². The van der Waals surface area contributed by atoms with Crippen molar-refractivity contribution in [2.24, 2.45) is 11.7 Å². The molecule has 0 rings (SSSR count). The first kappa shape index (κ1) is 12.4. The number of nitrogens with zero attached hydrogens (tertiary/aromatic N) is 1. The summed E-state index contributed by atoms with van der Waals surface area (Å²) in [5.74, 6) is -1.03. The Morgan fingerprint density at radius 1 is 1.50 bits per heavy atom. The molecule has 78 valence electrons. The molecule has 0 aliphatic carbocycles. The van der Waals surface area contributed by atoms with E-state index in [-0.39, 0.29) is 24.7 Å². The van der Waals surface area contributed by atoms with Crippen molar-refractivity contribution in [2.75, 3.05) is 0 Å².